The van der Waals surface area contributed by atoms with Crippen LogP contribution in [0.15, 0.2) is 41.5 Å². The van der Waals surface area contributed by atoms with Crippen molar-refractivity contribution < 1.29 is 18.3 Å². The van der Waals surface area contributed by atoms with Crippen LogP contribution in [-0.4, -0.2) is 45.0 Å². The molecule has 0 saturated carbocycles. The van der Waals surface area contributed by atoms with E-state index < -0.39 is 18.0 Å². The zero-order chi connectivity index (χ0) is 18.1. The summed E-state index contributed by atoms with van der Waals surface area (Å²) < 4.78 is 26.6. The number of amides is 1. The Labute approximate surface area is 147 Å². The van der Waals surface area contributed by atoms with Gasteiger partial charge in [0.1, 0.15) is 36.5 Å². The van der Waals surface area contributed by atoms with E-state index in [1.54, 1.807) is 17.1 Å². The first kappa shape index (κ1) is 16.2. The third-order valence-electron chi connectivity index (χ3n) is 3.97. The molecule has 26 heavy (non-hydrogen) atoms. The number of carbonyl (C=O) groups is 1. The molecule has 9 nitrogen and oxygen atoms in total. The van der Waals surface area contributed by atoms with Crippen LogP contribution in [0, 0.1) is 5.82 Å². The summed E-state index contributed by atoms with van der Waals surface area (Å²) in [4.78, 5) is 21.3. The van der Waals surface area contributed by atoms with Gasteiger partial charge in [0.05, 0.1) is 24.3 Å². The highest BCUT2D eigenvalue weighted by Crippen LogP contribution is 2.28. The number of hydrogen-bond acceptors (Lipinski definition) is 7. The quantitative estimate of drug-likeness (QED) is 0.733. The fourth-order valence-electron chi connectivity index (χ4n) is 2.68. The first-order chi connectivity index (χ1) is 12.6. The van der Waals surface area contributed by atoms with Gasteiger partial charge in [0.2, 0.25) is 5.89 Å². The van der Waals surface area contributed by atoms with Crippen molar-refractivity contribution in [2.24, 2.45) is 5.73 Å². The molecular formula is C16H15FN6O3. The number of halogens is 1. The van der Waals surface area contributed by atoms with Crippen LogP contribution in [0.4, 0.5) is 14.9 Å². The lowest BCUT2D eigenvalue weighted by Gasteiger charge is -2.13. The minimum atomic E-state index is -0.555. The molecule has 3 aromatic rings. The zero-order valence-electron chi connectivity index (χ0n) is 13.6. The Kier molecular flexibility index (Phi) is 4.09. The normalized spacial score (nSPS) is 16.9. The summed E-state index contributed by atoms with van der Waals surface area (Å²) in [5.74, 6) is -0.409. The summed E-state index contributed by atoms with van der Waals surface area (Å²) in [5.41, 5.74) is 6.68. The van der Waals surface area contributed by atoms with Gasteiger partial charge in [-0.05, 0) is 18.2 Å². The first-order valence-electron chi connectivity index (χ1n) is 7.89. The molecule has 2 aromatic heterocycles. The summed E-state index contributed by atoms with van der Waals surface area (Å²) in [6.07, 6.45) is 3.47. The van der Waals surface area contributed by atoms with Crippen molar-refractivity contribution in [3.8, 4) is 11.5 Å². The number of nitrogens with zero attached hydrogens (tertiary/aromatic N) is 5. The second kappa shape index (κ2) is 6.56. The maximum absolute atomic E-state index is 14.6. The van der Waals surface area contributed by atoms with Crippen LogP contribution in [0.2, 0.25) is 0 Å². The summed E-state index contributed by atoms with van der Waals surface area (Å²) in [6, 6.07) is 4.37. The Morgan fingerprint density at radius 2 is 2.27 bits per heavy atom. The molecule has 2 N–H and O–H groups in total. The van der Waals surface area contributed by atoms with Gasteiger partial charge in [0.25, 0.3) is 0 Å². The summed E-state index contributed by atoms with van der Waals surface area (Å²) in [7, 11) is 0. The van der Waals surface area contributed by atoms with Gasteiger partial charge in [0, 0.05) is 6.54 Å². The maximum atomic E-state index is 14.6. The van der Waals surface area contributed by atoms with Crippen LogP contribution in [0.25, 0.3) is 11.5 Å². The predicted molar refractivity (Wildman–Crippen MR) is 87.7 cm³/mol. The molecule has 0 aliphatic carbocycles. The lowest BCUT2D eigenvalue weighted by molar-refractivity contribution is 0.145. The summed E-state index contributed by atoms with van der Waals surface area (Å²) in [6.45, 7) is 0.867. The summed E-state index contributed by atoms with van der Waals surface area (Å²) in [5, 5.41) is 3.98. The highest BCUT2D eigenvalue weighted by molar-refractivity contribution is 5.90. The predicted octanol–water partition coefficient (Wildman–Crippen LogP) is 1.40. The minimum absolute atomic E-state index is 0.146. The van der Waals surface area contributed by atoms with Crippen molar-refractivity contribution in [3.05, 3.63) is 48.6 Å². The van der Waals surface area contributed by atoms with Gasteiger partial charge in [-0.2, -0.15) is 5.10 Å². The number of ether oxygens (including phenoxy) is 1. The van der Waals surface area contributed by atoms with Crippen LogP contribution in [0.5, 0.6) is 0 Å². The molecule has 0 spiro atoms. The monoisotopic (exact) mass is 358 g/mol. The van der Waals surface area contributed by atoms with Gasteiger partial charge in [-0.1, -0.05) is 0 Å². The Bertz CT molecular complexity index is 926. The topological polar surface area (TPSA) is 112 Å². The smallest absolute Gasteiger partial charge is 0.414 e. The number of rotatable bonds is 5. The SMILES string of the molecule is NCC1CN(c2ccc(-c3nc(Cn4cncn4)co3)c(F)c2)C(=O)O1. The lowest BCUT2D eigenvalue weighted by atomic mass is 10.1. The molecule has 1 unspecified atom stereocenters. The molecular weight excluding hydrogens is 343 g/mol. The van der Waals surface area contributed by atoms with Crippen molar-refractivity contribution >= 4 is 11.8 Å². The number of cyclic esters (lactones) is 1. The molecule has 1 fully saturated rings. The van der Waals surface area contributed by atoms with Crippen LogP contribution < -0.4 is 10.6 Å². The highest BCUT2D eigenvalue weighted by Gasteiger charge is 2.31. The fourth-order valence-corrected chi connectivity index (χ4v) is 2.68. The van der Waals surface area contributed by atoms with E-state index >= 15 is 0 Å². The molecule has 10 heteroatoms. The van der Waals surface area contributed by atoms with Gasteiger partial charge < -0.3 is 14.9 Å². The molecule has 1 aromatic carbocycles. The summed E-state index contributed by atoms with van der Waals surface area (Å²) >= 11 is 0. The van der Waals surface area contributed by atoms with Crippen LogP contribution in [0.3, 0.4) is 0 Å². The Morgan fingerprint density at radius 1 is 1.38 bits per heavy atom. The molecule has 134 valence electrons. The van der Waals surface area contributed by atoms with E-state index in [1.807, 2.05) is 0 Å². The van der Waals surface area contributed by atoms with E-state index in [-0.39, 0.29) is 24.5 Å². The van der Waals surface area contributed by atoms with E-state index in [0.29, 0.717) is 17.9 Å². The van der Waals surface area contributed by atoms with Crippen molar-refractivity contribution in [1.29, 1.82) is 0 Å². The molecule has 0 radical (unpaired) electrons. The molecule has 1 atom stereocenters. The third-order valence-corrected chi connectivity index (χ3v) is 3.97. The number of aromatic nitrogens is 4. The average Bonchev–Trinajstić information content (AvgIpc) is 3.36. The molecule has 4 rings (SSSR count). The molecule has 1 aliphatic rings. The maximum Gasteiger partial charge on any atom is 0.414 e. The van der Waals surface area contributed by atoms with E-state index in [2.05, 4.69) is 15.1 Å². The van der Waals surface area contributed by atoms with Crippen molar-refractivity contribution in [2.45, 2.75) is 12.6 Å². The van der Waals surface area contributed by atoms with E-state index in [9.17, 15) is 9.18 Å². The van der Waals surface area contributed by atoms with Crippen LogP contribution in [-0.2, 0) is 11.3 Å². The van der Waals surface area contributed by atoms with Crippen molar-refractivity contribution in [1.82, 2.24) is 19.7 Å². The second-order valence-electron chi connectivity index (χ2n) is 5.75. The lowest BCUT2D eigenvalue weighted by Crippen LogP contribution is -2.27. The van der Waals surface area contributed by atoms with Gasteiger partial charge in [-0.15, -0.1) is 0 Å². The zero-order valence-corrected chi connectivity index (χ0v) is 13.6. The third kappa shape index (κ3) is 3.02. The van der Waals surface area contributed by atoms with E-state index in [0.717, 1.165) is 0 Å². The molecule has 1 amide bonds. The van der Waals surface area contributed by atoms with Crippen molar-refractivity contribution in [2.75, 3.05) is 18.0 Å². The largest absolute Gasteiger partial charge is 0.444 e. The van der Waals surface area contributed by atoms with Gasteiger partial charge in [0.15, 0.2) is 0 Å². The fraction of sp³-hybridized carbons (Fsp3) is 0.250. The van der Waals surface area contributed by atoms with Gasteiger partial charge in [-0.3, -0.25) is 4.90 Å². The van der Waals surface area contributed by atoms with Gasteiger partial charge in [-0.25, -0.2) is 23.8 Å². The van der Waals surface area contributed by atoms with Crippen LogP contribution >= 0.6 is 0 Å². The standard InChI is InChI=1S/C16H15FN6O3/c17-14-3-11(23-6-12(4-18)26-16(23)24)1-2-13(14)15-21-10(7-25-15)5-22-9-19-8-20-22/h1-3,7-9,12H,4-6,18H2. The molecule has 0 bridgehead atoms. The number of nitrogens with two attached hydrogens (primary N) is 1. The molecule has 1 aliphatic heterocycles. The first-order valence-corrected chi connectivity index (χ1v) is 7.89. The highest BCUT2D eigenvalue weighted by atomic mass is 19.1. The minimum Gasteiger partial charge on any atom is -0.444 e. The van der Waals surface area contributed by atoms with Crippen LogP contribution in [0.1, 0.15) is 5.69 Å². The van der Waals surface area contributed by atoms with E-state index in [1.165, 1.54) is 29.6 Å². The molecule has 3 heterocycles. The number of oxazole rings is 1. The Hall–Kier alpha value is -3.27. The number of hydrogen-bond donors (Lipinski definition) is 1. The second-order valence-corrected chi connectivity index (χ2v) is 5.75. The van der Waals surface area contributed by atoms with Crippen molar-refractivity contribution in [3.63, 3.8) is 0 Å². The average molecular weight is 358 g/mol. The molecule has 1 saturated heterocycles. The Balaban J connectivity index is 1.55. The number of benzene rings is 1. The van der Waals surface area contributed by atoms with Gasteiger partial charge >= 0.3 is 6.09 Å². The van der Waals surface area contributed by atoms with E-state index in [4.69, 9.17) is 14.9 Å². The number of anilines is 1. The number of carbonyl (C=O) groups excluding carboxylic acids is 1. The Morgan fingerprint density at radius 3 is 2.96 bits per heavy atom.